The fraction of sp³-hybridized carbons (Fsp3) is 0.350. The molecular weight excluding hydrogens is 344 g/mol. The number of amides is 2. The number of para-hydroxylation sites is 1. The summed E-state index contributed by atoms with van der Waals surface area (Å²) in [4.78, 5) is 24.9. The van der Waals surface area contributed by atoms with Gasteiger partial charge in [-0.1, -0.05) is 39.0 Å². The molecule has 0 spiro atoms. The van der Waals surface area contributed by atoms with Crippen LogP contribution in [-0.2, 0) is 10.2 Å². The minimum Gasteiger partial charge on any atom is -0.462 e. The number of carbonyl (C=O) groups is 2. The molecule has 0 aliphatic carbocycles. The van der Waals surface area contributed by atoms with E-state index in [9.17, 15) is 14.9 Å². The van der Waals surface area contributed by atoms with E-state index in [1.807, 2.05) is 39.0 Å². The normalized spacial score (nSPS) is 10.8. The number of carbonyl (C=O) groups excluding carboxylic acids is 2. The van der Waals surface area contributed by atoms with Crippen LogP contribution in [-0.4, -0.2) is 23.3 Å². The van der Waals surface area contributed by atoms with E-state index in [2.05, 4.69) is 16.8 Å². The Morgan fingerprint density at radius 2 is 1.85 bits per heavy atom. The zero-order valence-corrected chi connectivity index (χ0v) is 16.2. The van der Waals surface area contributed by atoms with Crippen molar-refractivity contribution in [2.45, 2.75) is 40.0 Å². The number of rotatable bonds is 4. The van der Waals surface area contributed by atoms with Gasteiger partial charge in [-0.2, -0.15) is 5.26 Å². The van der Waals surface area contributed by atoms with Crippen LogP contribution in [0.1, 0.15) is 55.0 Å². The molecule has 0 aliphatic heterocycles. The van der Waals surface area contributed by atoms with Crippen LogP contribution >= 0.6 is 0 Å². The van der Waals surface area contributed by atoms with Crippen LogP contribution in [0.2, 0.25) is 0 Å². The van der Waals surface area contributed by atoms with Crippen molar-refractivity contribution in [1.82, 2.24) is 4.68 Å². The van der Waals surface area contributed by atoms with E-state index in [1.165, 1.54) is 4.68 Å². The average molecular weight is 368 g/mol. The van der Waals surface area contributed by atoms with Crippen molar-refractivity contribution in [3.63, 3.8) is 0 Å². The highest BCUT2D eigenvalue weighted by atomic mass is 16.5. The van der Waals surface area contributed by atoms with Gasteiger partial charge in [-0.05, 0) is 26.0 Å². The Hall–Kier alpha value is -3.27. The Balaban J connectivity index is 2.49. The lowest BCUT2D eigenvalue weighted by Gasteiger charge is -2.23. The summed E-state index contributed by atoms with van der Waals surface area (Å²) in [5, 5.41) is 12.4. The lowest BCUT2D eigenvalue weighted by atomic mass is 9.89. The molecule has 0 fully saturated rings. The largest absolute Gasteiger partial charge is 0.462 e. The van der Waals surface area contributed by atoms with Gasteiger partial charge in [0.1, 0.15) is 11.6 Å². The van der Waals surface area contributed by atoms with E-state index >= 15 is 0 Å². The molecule has 1 aromatic heterocycles. The summed E-state index contributed by atoms with van der Waals surface area (Å²) in [6, 6.07) is 10.6. The van der Waals surface area contributed by atoms with Gasteiger partial charge in [-0.25, -0.2) is 15.0 Å². The topological polar surface area (TPSA) is 96.2 Å². The third-order valence-corrected chi connectivity index (χ3v) is 3.95. The van der Waals surface area contributed by atoms with Gasteiger partial charge in [0, 0.05) is 11.1 Å². The Kier molecular flexibility index (Phi) is 5.91. The van der Waals surface area contributed by atoms with E-state index in [0.717, 1.165) is 0 Å². The molecule has 1 aromatic carbocycles. The summed E-state index contributed by atoms with van der Waals surface area (Å²) in [6.07, 6.45) is 0. The zero-order valence-electron chi connectivity index (χ0n) is 16.2. The van der Waals surface area contributed by atoms with Crippen LogP contribution in [0.3, 0.4) is 0 Å². The molecule has 142 valence electrons. The SMILES string of the molecule is CCOC(=O)c1c(C#N)c(C(C)(C)C)n(NC(=O)Nc2ccccc2)c1C. The molecule has 2 amide bonds. The van der Waals surface area contributed by atoms with Gasteiger partial charge in [-0.15, -0.1) is 0 Å². The van der Waals surface area contributed by atoms with E-state index in [-0.39, 0.29) is 17.7 Å². The lowest BCUT2D eigenvalue weighted by molar-refractivity contribution is 0.0525. The Morgan fingerprint density at radius 1 is 1.22 bits per heavy atom. The Bertz CT molecular complexity index is 887. The van der Waals surface area contributed by atoms with Crippen LogP contribution in [0.25, 0.3) is 0 Å². The molecule has 0 atom stereocenters. The number of esters is 1. The number of nitrogens with one attached hydrogen (secondary N) is 2. The predicted octanol–water partition coefficient (Wildman–Crippen LogP) is 3.92. The number of ether oxygens (including phenoxy) is 1. The maximum absolute atomic E-state index is 12.5. The van der Waals surface area contributed by atoms with Crippen molar-refractivity contribution < 1.29 is 14.3 Å². The molecule has 7 nitrogen and oxygen atoms in total. The molecule has 2 N–H and O–H groups in total. The third-order valence-electron chi connectivity index (χ3n) is 3.95. The molecular formula is C20H24N4O3. The second-order valence-electron chi connectivity index (χ2n) is 7.03. The first kappa shape index (κ1) is 20.0. The van der Waals surface area contributed by atoms with Crippen molar-refractivity contribution >= 4 is 17.7 Å². The monoisotopic (exact) mass is 368 g/mol. The summed E-state index contributed by atoms with van der Waals surface area (Å²) < 4.78 is 6.59. The van der Waals surface area contributed by atoms with Gasteiger partial charge in [0.25, 0.3) is 0 Å². The smallest absolute Gasteiger partial charge is 0.341 e. The lowest BCUT2D eigenvalue weighted by Crippen LogP contribution is -2.33. The average Bonchev–Trinajstić information content (AvgIpc) is 2.88. The predicted molar refractivity (Wildman–Crippen MR) is 103 cm³/mol. The first-order valence-corrected chi connectivity index (χ1v) is 8.66. The molecule has 2 rings (SSSR count). The third kappa shape index (κ3) is 4.29. The molecule has 0 aliphatic rings. The molecule has 2 aromatic rings. The molecule has 1 heterocycles. The van der Waals surface area contributed by atoms with E-state index in [1.54, 1.807) is 26.0 Å². The highest BCUT2D eigenvalue weighted by Gasteiger charge is 2.33. The standard InChI is InChI=1S/C20H24N4O3/c1-6-27-18(25)16-13(2)24(17(15(16)12-21)20(3,4)5)23-19(26)22-14-10-8-7-9-11-14/h7-11H,6H2,1-5H3,(H2,22,23,26). The first-order valence-electron chi connectivity index (χ1n) is 8.66. The number of benzene rings is 1. The van der Waals surface area contributed by atoms with Gasteiger partial charge in [0.05, 0.1) is 23.6 Å². The fourth-order valence-corrected chi connectivity index (χ4v) is 2.88. The van der Waals surface area contributed by atoms with Crippen molar-refractivity contribution in [2.24, 2.45) is 0 Å². The van der Waals surface area contributed by atoms with Gasteiger partial charge in [-0.3, -0.25) is 4.68 Å². The van der Waals surface area contributed by atoms with Crippen LogP contribution in [0, 0.1) is 18.3 Å². The van der Waals surface area contributed by atoms with Crippen LogP contribution in [0.5, 0.6) is 0 Å². The number of aromatic nitrogens is 1. The molecule has 0 unspecified atom stereocenters. The van der Waals surface area contributed by atoms with Crippen LogP contribution < -0.4 is 10.7 Å². The number of nitrogens with zero attached hydrogens (tertiary/aromatic N) is 2. The number of hydrogen-bond acceptors (Lipinski definition) is 4. The van der Waals surface area contributed by atoms with Crippen molar-refractivity contribution in [1.29, 1.82) is 5.26 Å². The Labute approximate surface area is 158 Å². The number of urea groups is 1. The molecule has 0 bridgehead atoms. The summed E-state index contributed by atoms with van der Waals surface area (Å²) in [5.41, 5.74) is 4.22. The molecule has 7 heteroatoms. The Morgan fingerprint density at radius 3 is 2.37 bits per heavy atom. The van der Waals surface area contributed by atoms with Crippen LogP contribution in [0.4, 0.5) is 10.5 Å². The molecule has 0 saturated heterocycles. The second-order valence-corrected chi connectivity index (χ2v) is 7.03. The highest BCUT2D eigenvalue weighted by Crippen LogP contribution is 2.32. The quantitative estimate of drug-likeness (QED) is 0.800. The van der Waals surface area contributed by atoms with Crippen molar-refractivity contribution in [3.05, 3.63) is 52.8 Å². The molecule has 0 saturated carbocycles. The summed E-state index contributed by atoms with van der Waals surface area (Å²) in [7, 11) is 0. The molecule has 0 radical (unpaired) electrons. The van der Waals surface area contributed by atoms with Gasteiger partial charge in [0.2, 0.25) is 0 Å². The van der Waals surface area contributed by atoms with Crippen LogP contribution in [0.15, 0.2) is 30.3 Å². The second kappa shape index (κ2) is 7.96. The summed E-state index contributed by atoms with van der Waals surface area (Å²) in [5.74, 6) is -0.582. The first-order chi connectivity index (χ1) is 12.7. The number of anilines is 1. The molecule has 27 heavy (non-hydrogen) atoms. The summed E-state index contributed by atoms with van der Waals surface area (Å²) in [6.45, 7) is 9.29. The maximum atomic E-state index is 12.5. The minimum absolute atomic E-state index is 0.171. The fourth-order valence-electron chi connectivity index (χ4n) is 2.88. The van der Waals surface area contributed by atoms with E-state index < -0.39 is 17.4 Å². The van der Waals surface area contributed by atoms with E-state index in [4.69, 9.17) is 4.74 Å². The van der Waals surface area contributed by atoms with E-state index in [0.29, 0.717) is 17.1 Å². The van der Waals surface area contributed by atoms with Gasteiger partial charge >= 0.3 is 12.0 Å². The highest BCUT2D eigenvalue weighted by molar-refractivity contribution is 5.97. The van der Waals surface area contributed by atoms with Crippen molar-refractivity contribution in [3.8, 4) is 6.07 Å². The number of hydrogen-bond donors (Lipinski definition) is 2. The van der Waals surface area contributed by atoms with Gasteiger partial charge < -0.3 is 10.1 Å². The zero-order chi connectivity index (χ0) is 20.2. The van der Waals surface area contributed by atoms with Gasteiger partial charge in [0.15, 0.2) is 0 Å². The minimum atomic E-state index is -0.582. The summed E-state index contributed by atoms with van der Waals surface area (Å²) >= 11 is 0. The number of nitriles is 1. The van der Waals surface area contributed by atoms with Crippen molar-refractivity contribution in [2.75, 3.05) is 17.3 Å². The maximum Gasteiger partial charge on any atom is 0.341 e.